The van der Waals surface area contributed by atoms with Crippen LogP contribution in [0.5, 0.6) is 0 Å². The van der Waals surface area contributed by atoms with Gasteiger partial charge in [0.1, 0.15) is 0 Å². The molecule has 21 heavy (non-hydrogen) atoms. The van der Waals surface area contributed by atoms with E-state index in [2.05, 4.69) is 27.4 Å². The van der Waals surface area contributed by atoms with Gasteiger partial charge in [-0.25, -0.2) is 0 Å². The van der Waals surface area contributed by atoms with Gasteiger partial charge in [-0.05, 0) is 25.3 Å². The van der Waals surface area contributed by atoms with Crippen LogP contribution in [0, 0.1) is 0 Å². The maximum atomic E-state index is 11.7. The second-order valence-electron chi connectivity index (χ2n) is 5.40. The summed E-state index contributed by atoms with van der Waals surface area (Å²) < 4.78 is 0. The number of likely N-dealkylation sites (tertiary alicyclic amines) is 1. The summed E-state index contributed by atoms with van der Waals surface area (Å²) in [4.78, 5) is 17.9. The largest absolute Gasteiger partial charge is 0.381 e. The Labute approximate surface area is 131 Å². The maximum Gasteiger partial charge on any atom is 0.234 e. The third-order valence-corrected chi connectivity index (χ3v) is 3.96. The summed E-state index contributed by atoms with van der Waals surface area (Å²) in [5.41, 5.74) is 0.936. The molecule has 0 aromatic carbocycles. The zero-order chi connectivity index (χ0) is 15.1. The molecule has 116 valence electrons. The normalized spacial score (nSPS) is 16.7. The molecule has 0 saturated carbocycles. The Morgan fingerprint density at radius 3 is 2.90 bits per heavy atom. The predicted octanol–water partition coefficient (Wildman–Crippen LogP) is 2.14. The van der Waals surface area contributed by atoms with E-state index in [0.29, 0.717) is 17.6 Å². The standard InChI is InChI=1S/C15H23ClN4O/c1-2-6-18-15(21)11-20-8-4-12(5-9-20)19-14-3-7-17-10-13(14)16/h3,7,10,12H,2,4-6,8-9,11H2,1H3,(H,17,19)(H,18,21). The van der Waals surface area contributed by atoms with Crippen molar-refractivity contribution in [2.45, 2.75) is 32.2 Å². The number of rotatable bonds is 6. The first kappa shape index (κ1) is 16.0. The number of nitrogens with one attached hydrogen (secondary N) is 2. The molecule has 1 aromatic heterocycles. The summed E-state index contributed by atoms with van der Waals surface area (Å²) in [6, 6.07) is 2.30. The summed E-state index contributed by atoms with van der Waals surface area (Å²) in [5, 5.41) is 7.03. The van der Waals surface area contributed by atoms with Crippen LogP contribution in [0.1, 0.15) is 26.2 Å². The van der Waals surface area contributed by atoms with Crippen LogP contribution in [0.4, 0.5) is 5.69 Å². The first-order valence-electron chi connectivity index (χ1n) is 7.54. The Hall–Kier alpha value is -1.33. The first-order chi connectivity index (χ1) is 10.2. The summed E-state index contributed by atoms with van der Waals surface area (Å²) in [5.74, 6) is 0.125. The van der Waals surface area contributed by atoms with Gasteiger partial charge in [-0.2, -0.15) is 0 Å². The summed E-state index contributed by atoms with van der Waals surface area (Å²) in [6.45, 7) is 5.18. The highest BCUT2D eigenvalue weighted by molar-refractivity contribution is 6.33. The summed E-state index contributed by atoms with van der Waals surface area (Å²) in [6.07, 6.45) is 6.39. The molecule has 1 aromatic rings. The Balaban J connectivity index is 1.73. The van der Waals surface area contributed by atoms with Crippen LogP contribution in [-0.4, -0.2) is 48.0 Å². The Morgan fingerprint density at radius 2 is 2.24 bits per heavy atom. The SMILES string of the molecule is CCCNC(=O)CN1CCC(Nc2ccncc2Cl)CC1. The van der Waals surface area contributed by atoms with E-state index >= 15 is 0 Å². The molecule has 6 heteroatoms. The molecule has 1 aliphatic heterocycles. The van der Waals surface area contributed by atoms with Gasteiger partial charge in [-0.1, -0.05) is 18.5 Å². The number of carbonyl (C=O) groups excluding carboxylic acids is 1. The van der Waals surface area contributed by atoms with E-state index in [-0.39, 0.29) is 5.91 Å². The molecule has 0 bridgehead atoms. The van der Waals surface area contributed by atoms with Crippen LogP contribution in [0.15, 0.2) is 18.5 Å². The lowest BCUT2D eigenvalue weighted by atomic mass is 10.0. The Bertz CT molecular complexity index is 461. The van der Waals surface area contributed by atoms with Crippen molar-refractivity contribution in [1.29, 1.82) is 0 Å². The molecule has 1 saturated heterocycles. The fourth-order valence-corrected chi connectivity index (χ4v) is 2.64. The molecular formula is C15H23ClN4O. The highest BCUT2D eigenvalue weighted by atomic mass is 35.5. The second kappa shape index (κ2) is 8.20. The Kier molecular flexibility index (Phi) is 6.26. The van der Waals surface area contributed by atoms with E-state index in [0.717, 1.165) is 44.6 Å². The number of halogens is 1. The van der Waals surface area contributed by atoms with E-state index in [1.165, 1.54) is 0 Å². The van der Waals surface area contributed by atoms with Crippen molar-refractivity contribution in [3.8, 4) is 0 Å². The molecule has 2 N–H and O–H groups in total. The second-order valence-corrected chi connectivity index (χ2v) is 5.81. The Morgan fingerprint density at radius 1 is 1.48 bits per heavy atom. The van der Waals surface area contributed by atoms with Crippen molar-refractivity contribution in [2.24, 2.45) is 0 Å². The van der Waals surface area contributed by atoms with Crippen molar-refractivity contribution in [3.05, 3.63) is 23.5 Å². The average Bonchev–Trinajstić information content (AvgIpc) is 2.49. The first-order valence-corrected chi connectivity index (χ1v) is 7.92. The molecule has 0 spiro atoms. The minimum atomic E-state index is 0.125. The van der Waals surface area contributed by atoms with Crippen LogP contribution in [-0.2, 0) is 4.79 Å². The lowest BCUT2D eigenvalue weighted by Gasteiger charge is -2.32. The number of hydrogen-bond donors (Lipinski definition) is 2. The highest BCUT2D eigenvalue weighted by Crippen LogP contribution is 2.22. The van der Waals surface area contributed by atoms with E-state index in [1.807, 2.05) is 6.07 Å². The summed E-state index contributed by atoms with van der Waals surface area (Å²) in [7, 11) is 0. The van der Waals surface area contributed by atoms with Crippen LogP contribution in [0.25, 0.3) is 0 Å². The molecule has 1 amide bonds. The van der Waals surface area contributed by atoms with Gasteiger partial charge in [0.15, 0.2) is 0 Å². The third-order valence-electron chi connectivity index (χ3n) is 3.66. The van der Waals surface area contributed by atoms with Crippen molar-refractivity contribution >= 4 is 23.2 Å². The zero-order valence-corrected chi connectivity index (χ0v) is 13.2. The molecule has 0 radical (unpaired) electrons. The van der Waals surface area contributed by atoms with E-state index in [1.54, 1.807) is 12.4 Å². The van der Waals surface area contributed by atoms with Crippen LogP contribution >= 0.6 is 11.6 Å². The predicted molar refractivity (Wildman–Crippen MR) is 85.6 cm³/mol. The van der Waals surface area contributed by atoms with Gasteiger partial charge in [-0.15, -0.1) is 0 Å². The molecule has 1 aliphatic rings. The fraction of sp³-hybridized carbons (Fsp3) is 0.600. The van der Waals surface area contributed by atoms with Gasteiger partial charge in [0.25, 0.3) is 0 Å². The minimum Gasteiger partial charge on any atom is -0.381 e. The molecular weight excluding hydrogens is 288 g/mol. The lowest BCUT2D eigenvalue weighted by molar-refractivity contribution is -0.122. The van der Waals surface area contributed by atoms with Gasteiger partial charge in [-0.3, -0.25) is 14.7 Å². The molecule has 0 atom stereocenters. The molecule has 1 fully saturated rings. The molecule has 0 unspecified atom stereocenters. The van der Waals surface area contributed by atoms with Gasteiger partial charge in [0.05, 0.1) is 17.3 Å². The number of hydrogen-bond acceptors (Lipinski definition) is 4. The van der Waals surface area contributed by atoms with Gasteiger partial charge in [0.2, 0.25) is 5.91 Å². The molecule has 2 rings (SSSR count). The number of anilines is 1. The topological polar surface area (TPSA) is 57.3 Å². The van der Waals surface area contributed by atoms with E-state index in [4.69, 9.17) is 11.6 Å². The van der Waals surface area contributed by atoms with Gasteiger partial charge >= 0.3 is 0 Å². The van der Waals surface area contributed by atoms with Gasteiger partial charge in [0, 0.05) is 38.1 Å². The van der Waals surface area contributed by atoms with Crippen LogP contribution in [0.2, 0.25) is 5.02 Å². The maximum absolute atomic E-state index is 11.7. The van der Waals surface area contributed by atoms with E-state index < -0.39 is 0 Å². The lowest BCUT2D eigenvalue weighted by Crippen LogP contribution is -2.44. The quantitative estimate of drug-likeness (QED) is 0.845. The molecule has 5 nitrogen and oxygen atoms in total. The number of nitrogens with zero attached hydrogens (tertiary/aromatic N) is 2. The van der Waals surface area contributed by atoms with Crippen LogP contribution in [0.3, 0.4) is 0 Å². The number of aromatic nitrogens is 1. The van der Waals surface area contributed by atoms with Gasteiger partial charge < -0.3 is 10.6 Å². The molecule has 2 heterocycles. The average molecular weight is 311 g/mol. The third kappa shape index (κ3) is 5.17. The number of amides is 1. The monoisotopic (exact) mass is 310 g/mol. The minimum absolute atomic E-state index is 0.125. The number of piperidine rings is 1. The van der Waals surface area contributed by atoms with Crippen molar-refractivity contribution in [3.63, 3.8) is 0 Å². The van der Waals surface area contributed by atoms with Crippen molar-refractivity contribution in [2.75, 3.05) is 31.5 Å². The van der Waals surface area contributed by atoms with Crippen molar-refractivity contribution in [1.82, 2.24) is 15.2 Å². The summed E-state index contributed by atoms with van der Waals surface area (Å²) >= 11 is 6.10. The molecule has 0 aliphatic carbocycles. The number of carbonyl (C=O) groups is 1. The smallest absolute Gasteiger partial charge is 0.234 e. The fourth-order valence-electron chi connectivity index (χ4n) is 2.47. The number of pyridine rings is 1. The van der Waals surface area contributed by atoms with Crippen molar-refractivity contribution < 1.29 is 4.79 Å². The van der Waals surface area contributed by atoms with Crippen LogP contribution < -0.4 is 10.6 Å². The van der Waals surface area contributed by atoms with E-state index in [9.17, 15) is 4.79 Å². The zero-order valence-electron chi connectivity index (χ0n) is 12.4. The highest BCUT2D eigenvalue weighted by Gasteiger charge is 2.21.